The smallest absolute Gasteiger partial charge is 0.227 e. The first-order valence-electron chi connectivity index (χ1n) is 9.64. The molecule has 1 amide bonds. The van der Waals surface area contributed by atoms with Gasteiger partial charge in [-0.15, -0.1) is 0 Å². The van der Waals surface area contributed by atoms with Gasteiger partial charge in [-0.1, -0.05) is 18.2 Å². The molecule has 2 aromatic rings. The van der Waals surface area contributed by atoms with Crippen molar-refractivity contribution in [3.05, 3.63) is 36.4 Å². The minimum Gasteiger partial charge on any atom is -0.381 e. The van der Waals surface area contributed by atoms with E-state index < -0.39 is 0 Å². The first-order valence-corrected chi connectivity index (χ1v) is 9.64. The Kier molecular flexibility index (Phi) is 5.07. The maximum atomic E-state index is 12.5. The van der Waals surface area contributed by atoms with Crippen LogP contribution in [0.15, 0.2) is 36.4 Å². The van der Waals surface area contributed by atoms with Gasteiger partial charge in [0, 0.05) is 38.7 Å². The summed E-state index contributed by atoms with van der Waals surface area (Å²) in [5, 5.41) is 1.18. The van der Waals surface area contributed by atoms with Crippen LogP contribution < -0.4 is 4.90 Å². The van der Waals surface area contributed by atoms with Crippen molar-refractivity contribution in [1.29, 1.82) is 0 Å². The Hall–Kier alpha value is -2.14. The predicted molar refractivity (Wildman–Crippen MR) is 103 cm³/mol. The fraction of sp³-hybridized carbons (Fsp3) is 0.524. The normalized spacial score (nSPS) is 21.3. The molecule has 0 saturated carbocycles. The van der Waals surface area contributed by atoms with Crippen LogP contribution in [0, 0.1) is 11.8 Å². The number of benzene rings is 1. The van der Waals surface area contributed by atoms with Gasteiger partial charge in [-0.3, -0.25) is 4.79 Å². The zero-order valence-corrected chi connectivity index (χ0v) is 15.4. The van der Waals surface area contributed by atoms with Crippen molar-refractivity contribution in [2.75, 3.05) is 44.8 Å². The average Bonchev–Trinajstić information content (AvgIpc) is 3.22. The largest absolute Gasteiger partial charge is 0.381 e. The van der Waals surface area contributed by atoms with E-state index in [-0.39, 0.29) is 11.8 Å². The minimum absolute atomic E-state index is 0.0712. The molecule has 0 bridgehead atoms. The summed E-state index contributed by atoms with van der Waals surface area (Å²) in [5.74, 6) is 1.96. The lowest BCUT2D eigenvalue weighted by atomic mass is 9.95. The number of piperidine rings is 1. The zero-order chi connectivity index (χ0) is 17.9. The number of hydrogen-bond donors (Lipinski definition) is 0. The van der Waals surface area contributed by atoms with Gasteiger partial charge in [0.2, 0.25) is 5.91 Å². The number of fused-ring (bicyclic) bond motifs is 1. The van der Waals surface area contributed by atoms with Gasteiger partial charge >= 0.3 is 0 Å². The van der Waals surface area contributed by atoms with Crippen molar-refractivity contribution in [3.63, 3.8) is 0 Å². The van der Waals surface area contributed by atoms with E-state index in [2.05, 4.69) is 29.2 Å². The number of anilines is 1. The molecule has 26 heavy (non-hydrogen) atoms. The Bertz CT molecular complexity index is 765. The number of rotatable bonds is 4. The van der Waals surface area contributed by atoms with E-state index in [4.69, 9.17) is 9.72 Å². The van der Waals surface area contributed by atoms with E-state index >= 15 is 0 Å². The van der Waals surface area contributed by atoms with Crippen LogP contribution in [0.2, 0.25) is 0 Å². The predicted octanol–water partition coefficient (Wildman–Crippen LogP) is 2.95. The molecule has 5 nitrogen and oxygen atoms in total. The second kappa shape index (κ2) is 7.62. The second-order valence-electron chi connectivity index (χ2n) is 7.57. The number of para-hydroxylation sites is 1. The lowest BCUT2D eigenvalue weighted by Gasteiger charge is -2.35. The molecule has 2 aliphatic rings. The monoisotopic (exact) mass is 353 g/mol. The summed E-state index contributed by atoms with van der Waals surface area (Å²) in [6, 6.07) is 12.5. The quantitative estimate of drug-likeness (QED) is 0.848. The third kappa shape index (κ3) is 3.68. The molecule has 5 heteroatoms. The highest BCUT2D eigenvalue weighted by Crippen LogP contribution is 2.25. The number of pyridine rings is 1. The van der Waals surface area contributed by atoms with E-state index in [9.17, 15) is 4.79 Å². The first kappa shape index (κ1) is 17.3. The van der Waals surface area contributed by atoms with Crippen LogP contribution in [-0.4, -0.2) is 55.7 Å². The maximum Gasteiger partial charge on any atom is 0.227 e. The Balaban J connectivity index is 1.32. The van der Waals surface area contributed by atoms with E-state index in [1.54, 1.807) is 0 Å². The summed E-state index contributed by atoms with van der Waals surface area (Å²) in [6.45, 7) is 4.18. The van der Waals surface area contributed by atoms with Crippen molar-refractivity contribution in [2.45, 2.75) is 19.3 Å². The Morgan fingerprint density at radius 3 is 2.77 bits per heavy atom. The van der Waals surface area contributed by atoms with Crippen LogP contribution >= 0.6 is 0 Å². The van der Waals surface area contributed by atoms with Crippen LogP contribution in [0.4, 0.5) is 5.82 Å². The molecule has 1 aromatic carbocycles. The summed E-state index contributed by atoms with van der Waals surface area (Å²) < 4.78 is 5.35. The van der Waals surface area contributed by atoms with Crippen LogP contribution in [0.5, 0.6) is 0 Å². The number of carbonyl (C=O) groups excluding carboxylic acids is 1. The fourth-order valence-electron chi connectivity index (χ4n) is 4.09. The fourth-order valence-corrected chi connectivity index (χ4v) is 4.09. The molecule has 0 aliphatic carbocycles. The van der Waals surface area contributed by atoms with Gasteiger partial charge in [0.25, 0.3) is 0 Å². The van der Waals surface area contributed by atoms with Gasteiger partial charge in [0.05, 0.1) is 18.0 Å². The number of hydrogen-bond acceptors (Lipinski definition) is 4. The molecule has 2 fully saturated rings. The molecule has 0 N–H and O–H groups in total. The SMILES string of the molecule is CN(CC1CCN(c2ccc3ccccc3n2)CC1)C(=O)C1CCOC1. The summed E-state index contributed by atoms with van der Waals surface area (Å²) in [5.41, 5.74) is 1.05. The summed E-state index contributed by atoms with van der Waals surface area (Å²) in [7, 11) is 1.94. The van der Waals surface area contributed by atoms with Crippen molar-refractivity contribution >= 4 is 22.6 Å². The third-order valence-corrected chi connectivity index (χ3v) is 5.71. The summed E-state index contributed by atoms with van der Waals surface area (Å²) in [4.78, 5) is 21.6. The molecule has 1 atom stereocenters. The van der Waals surface area contributed by atoms with Crippen molar-refractivity contribution < 1.29 is 9.53 Å². The molecule has 2 saturated heterocycles. The maximum absolute atomic E-state index is 12.5. The zero-order valence-electron chi connectivity index (χ0n) is 15.4. The molecule has 1 aromatic heterocycles. The van der Waals surface area contributed by atoms with Gasteiger partial charge in [0.1, 0.15) is 5.82 Å². The highest BCUT2D eigenvalue weighted by atomic mass is 16.5. The average molecular weight is 353 g/mol. The Labute approximate surface area is 154 Å². The number of nitrogens with zero attached hydrogens (tertiary/aromatic N) is 3. The van der Waals surface area contributed by atoms with Gasteiger partial charge < -0.3 is 14.5 Å². The van der Waals surface area contributed by atoms with Crippen molar-refractivity contribution in [2.24, 2.45) is 11.8 Å². The molecular formula is C21H27N3O2. The number of carbonyl (C=O) groups is 1. The second-order valence-corrected chi connectivity index (χ2v) is 7.57. The first-order chi connectivity index (χ1) is 12.7. The Morgan fingerprint density at radius 2 is 2.00 bits per heavy atom. The minimum atomic E-state index is 0.0712. The number of ether oxygens (including phenoxy) is 1. The third-order valence-electron chi connectivity index (χ3n) is 5.71. The highest BCUT2D eigenvalue weighted by molar-refractivity contribution is 5.80. The molecule has 0 spiro atoms. The van der Waals surface area contributed by atoms with Crippen LogP contribution in [0.1, 0.15) is 19.3 Å². The number of aromatic nitrogens is 1. The van der Waals surface area contributed by atoms with Crippen LogP contribution in [0.25, 0.3) is 10.9 Å². The molecule has 1 unspecified atom stereocenters. The van der Waals surface area contributed by atoms with E-state index in [0.29, 0.717) is 12.5 Å². The van der Waals surface area contributed by atoms with Crippen LogP contribution in [-0.2, 0) is 9.53 Å². The Morgan fingerprint density at radius 1 is 1.19 bits per heavy atom. The lowest BCUT2D eigenvalue weighted by Crippen LogP contribution is -2.41. The van der Waals surface area contributed by atoms with E-state index in [1.165, 1.54) is 5.39 Å². The molecule has 0 radical (unpaired) electrons. The van der Waals surface area contributed by atoms with Gasteiger partial charge in [0.15, 0.2) is 0 Å². The van der Waals surface area contributed by atoms with Gasteiger partial charge in [-0.05, 0) is 43.4 Å². The summed E-state index contributed by atoms with van der Waals surface area (Å²) in [6.07, 6.45) is 3.08. The van der Waals surface area contributed by atoms with Crippen molar-refractivity contribution in [3.8, 4) is 0 Å². The van der Waals surface area contributed by atoms with Crippen molar-refractivity contribution in [1.82, 2.24) is 9.88 Å². The standard InChI is InChI=1S/C21H27N3O2/c1-23(21(25)18-10-13-26-15-18)14-16-8-11-24(12-9-16)20-7-6-17-4-2-3-5-19(17)22-20/h2-7,16,18H,8-15H2,1H3. The molecular weight excluding hydrogens is 326 g/mol. The topological polar surface area (TPSA) is 45.7 Å². The van der Waals surface area contributed by atoms with Gasteiger partial charge in [-0.2, -0.15) is 0 Å². The molecule has 2 aliphatic heterocycles. The summed E-state index contributed by atoms with van der Waals surface area (Å²) >= 11 is 0. The molecule has 138 valence electrons. The van der Waals surface area contributed by atoms with E-state index in [1.807, 2.05) is 24.1 Å². The van der Waals surface area contributed by atoms with Gasteiger partial charge in [-0.25, -0.2) is 4.98 Å². The van der Waals surface area contributed by atoms with E-state index in [0.717, 1.165) is 56.8 Å². The highest BCUT2D eigenvalue weighted by Gasteiger charge is 2.28. The molecule has 3 heterocycles. The molecule has 4 rings (SSSR count). The lowest BCUT2D eigenvalue weighted by molar-refractivity contribution is -0.134. The number of amides is 1. The van der Waals surface area contributed by atoms with Crippen LogP contribution in [0.3, 0.4) is 0 Å².